The largest absolute Gasteiger partial charge is 0.493 e. The Hall–Kier alpha value is -3.08. The van der Waals surface area contributed by atoms with Gasteiger partial charge in [-0.05, 0) is 67.0 Å². The van der Waals surface area contributed by atoms with E-state index in [0.717, 1.165) is 40.3 Å². The minimum Gasteiger partial charge on any atom is -0.493 e. The maximum Gasteiger partial charge on any atom is 0.225 e. The van der Waals surface area contributed by atoms with Crippen LogP contribution in [-0.4, -0.2) is 24.4 Å². The second kappa shape index (κ2) is 10.5. The summed E-state index contributed by atoms with van der Waals surface area (Å²) < 4.78 is 11.7. The molecule has 2 aliphatic rings. The third-order valence-corrected chi connectivity index (χ3v) is 6.67. The molecule has 1 aliphatic carbocycles. The Balaban J connectivity index is 1.53. The molecule has 3 atom stereocenters. The molecule has 2 aromatic rings. The van der Waals surface area contributed by atoms with Crippen molar-refractivity contribution < 1.29 is 19.1 Å². The highest BCUT2D eigenvalue weighted by Crippen LogP contribution is 2.43. The van der Waals surface area contributed by atoms with Crippen molar-refractivity contribution in [2.75, 3.05) is 6.61 Å². The molecule has 1 aliphatic heterocycles. The van der Waals surface area contributed by atoms with E-state index in [2.05, 4.69) is 26.1 Å². The van der Waals surface area contributed by atoms with Crippen molar-refractivity contribution in [2.24, 2.45) is 5.92 Å². The van der Waals surface area contributed by atoms with Crippen molar-refractivity contribution >= 4 is 11.7 Å². The summed E-state index contributed by atoms with van der Waals surface area (Å²) >= 11 is 0. The normalized spacial score (nSPS) is 21.2. The van der Waals surface area contributed by atoms with E-state index in [4.69, 9.17) is 9.47 Å². The van der Waals surface area contributed by atoms with Crippen LogP contribution >= 0.6 is 0 Å². The average molecular weight is 462 g/mol. The van der Waals surface area contributed by atoms with Crippen LogP contribution in [0.2, 0.25) is 0 Å². The zero-order valence-corrected chi connectivity index (χ0v) is 20.6. The first-order valence-corrected chi connectivity index (χ1v) is 12.4. The Morgan fingerprint density at radius 1 is 0.882 bits per heavy atom. The van der Waals surface area contributed by atoms with Crippen LogP contribution in [0.15, 0.2) is 59.8 Å². The van der Waals surface area contributed by atoms with Crippen molar-refractivity contribution in [2.45, 2.75) is 71.3 Å². The second-order valence-corrected chi connectivity index (χ2v) is 9.91. The summed E-state index contributed by atoms with van der Waals surface area (Å²) in [7, 11) is 0. The number of carbonyl (C=O) groups excluding carboxylic acids is 2. The van der Waals surface area contributed by atoms with E-state index in [1.54, 1.807) is 0 Å². The van der Waals surface area contributed by atoms with Gasteiger partial charge in [-0.15, -0.1) is 0 Å². The van der Waals surface area contributed by atoms with Gasteiger partial charge in [-0.1, -0.05) is 45.0 Å². The molecule has 3 unspecified atom stereocenters. The van der Waals surface area contributed by atoms with Gasteiger partial charge in [-0.3, -0.25) is 9.59 Å². The van der Waals surface area contributed by atoms with Gasteiger partial charge in [0.05, 0.1) is 12.7 Å². The number of carbonyl (C=O) groups is 2. The number of ether oxygens (including phenoxy) is 2. The molecule has 0 fully saturated rings. The molecule has 0 radical (unpaired) electrons. The van der Waals surface area contributed by atoms with Gasteiger partial charge in [0, 0.05) is 30.0 Å². The van der Waals surface area contributed by atoms with Gasteiger partial charge in [-0.25, -0.2) is 0 Å². The highest BCUT2D eigenvalue weighted by atomic mass is 16.5. The van der Waals surface area contributed by atoms with Gasteiger partial charge in [0.1, 0.15) is 11.5 Å². The molecule has 2 aromatic carbocycles. The monoisotopic (exact) mass is 461 g/mol. The van der Waals surface area contributed by atoms with Gasteiger partial charge in [0.2, 0.25) is 5.91 Å². The molecule has 0 bridgehead atoms. The molecule has 1 heterocycles. The van der Waals surface area contributed by atoms with Gasteiger partial charge < -0.3 is 14.8 Å². The molecule has 1 amide bonds. The number of hydrogen-bond acceptors (Lipinski definition) is 4. The van der Waals surface area contributed by atoms with Crippen molar-refractivity contribution in [3.05, 3.63) is 70.9 Å². The molecule has 180 valence electrons. The van der Waals surface area contributed by atoms with Gasteiger partial charge >= 0.3 is 0 Å². The van der Waals surface area contributed by atoms with E-state index in [0.29, 0.717) is 31.8 Å². The van der Waals surface area contributed by atoms with Crippen LogP contribution < -0.4 is 14.8 Å². The third-order valence-electron chi connectivity index (χ3n) is 6.67. The minimum absolute atomic E-state index is 0.0328. The maximum atomic E-state index is 13.3. The fourth-order valence-corrected chi connectivity index (χ4v) is 4.67. The van der Waals surface area contributed by atoms with Gasteiger partial charge in [0.15, 0.2) is 5.78 Å². The van der Waals surface area contributed by atoms with E-state index < -0.39 is 0 Å². The molecular formula is C29H35NO4. The van der Waals surface area contributed by atoms with Crippen molar-refractivity contribution in [3.8, 4) is 11.5 Å². The van der Waals surface area contributed by atoms with Crippen molar-refractivity contribution in [1.29, 1.82) is 0 Å². The topological polar surface area (TPSA) is 64.6 Å². The van der Waals surface area contributed by atoms with E-state index >= 15 is 0 Å². The predicted molar refractivity (Wildman–Crippen MR) is 133 cm³/mol. The summed E-state index contributed by atoms with van der Waals surface area (Å²) in [6.07, 6.45) is 2.48. The van der Waals surface area contributed by atoms with Crippen LogP contribution in [0.1, 0.15) is 76.3 Å². The Kier molecular flexibility index (Phi) is 7.40. The highest BCUT2D eigenvalue weighted by molar-refractivity contribution is 6.02. The molecular weight excluding hydrogens is 426 g/mol. The van der Waals surface area contributed by atoms with Crippen LogP contribution in [0.5, 0.6) is 11.5 Å². The maximum absolute atomic E-state index is 13.3. The minimum atomic E-state index is -0.207. The Bertz CT molecular complexity index is 1050. The molecule has 0 saturated heterocycles. The number of nitrogens with one attached hydrogen (secondary N) is 1. The van der Waals surface area contributed by atoms with E-state index in [1.165, 1.54) is 0 Å². The van der Waals surface area contributed by atoms with E-state index in [9.17, 15) is 9.59 Å². The Labute approximate surface area is 202 Å². The lowest BCUT2D eigenvalue weighted by Crippen LogP contribution is -2.38. The molecule has 0 spiro atoms. The van der Waals surface area contributed by atoms with Crippen LogP contribution in [0, 0.1) is 5.92 Å². The van der Waals surface area contributed by atoms with Crippen LogP contribution in [0.3, 0.4) is 0 Å². The number of rotatable bonds is 8. The smallest absolute Gasteiger partial charge is 0.225 e. The lowest BCUT2D eigenvalue weighted by atomic mass is 9.73. The molecule has 1 N–H and O–H groups in total. The Morgan fingerprint density at radius 2 is 1.53 bits per heavy atom. The average Bonchev–Trinajstić information content (AvgIpc) is 2.82. The number of ketones is 1. The van der Waals surface area contributed by atoms with Crippen molar-refractivity contribution in [1.82, 2.24) is 5.32 Å². The SMILES string of the molecule is CCC(C)Oc1ccc(C2CC(=O)NC3=C2C(=O)CC(c2ccc(OCC(C)C)cc2)C3)cc1. The second-order valence-electron chi connectivity index (χ2n) is 9.91. The molecule has 4 rings (SSSR count). The van der Waals surface area contributed by atoms with Gasteiger partial charge in [0.25, 0.3) is 0 Å². The fourth-order valence-electron chi connectivity index (χ4n) is 4.67. The lowest BCUT2D eigenvalue weighted by Gasteiger charge is -2.34. The number of allylic oxidation sites excluding steroid dienone is 2. The highest BCUT2D eigenvalue weighted by Gasteiger charge is 2.38. The van der Waals surface area contributed by atoms with E-state index in [1.807, 2.05) is 55.5 Å². The first-order valence-electron chi connectivity index (χ1n) is 12.4. The molecule has 5 nitrogen and oxygen atoms in total. The van der Waals surface area contributed by atoms with Gasteiger partial charge in [-0.2, -0.15) is 0 Å². The zero-order valence-electron chi connectivity index (χ0n) is 20.6. The first-order chi connectivity index (χ1) is 16.3. The quantitative estimate of drug-likeness (QED) is 0.531. The Morgan fingerprint density at radius 3 is 2.18 bits per heavy atom. The number of amides is 1. The van der Waals surface area contributed by atoms with E-state index in [-0.39, 0.29) is 29.6 Å². The zero-order chi connectivity index (χ0) is 24.2. The summed E-state index contributed by atoms with van der Waals surface area (Å²) in [6, 6.07) is 15.9. The fraction of sp³-hybridized carbons (Fsp3) is 0.448. The van der Waals surface area contributed by atoms with Crippen LogP contribution in [-0.2, 0) is 9.59 Å². The summed E-state index contributed by atoms with van der Waals surface area (Å²) in [6.45, 7) is 9.04. The third kappa shape index (κ3) is 5.52. The summed E-state index contributed by atoms with van der Waals surface area (Å²) in [5.74, 6) is 2.05. The molecule has 0 saturated carbocycles. The molecule has 0 aromatic heterocycles. The lowest BCUT2D eigenvalue weighted by molar-refractivity contribution is -0.122. The molecule has 5 heteroatoms. The first kappa shape index (κ1) is 24.1. The number of hydrogen-bond donors (Lipinski definition) is 1. The summed E-state index contributed by atoms with van der Waals surface area (Å²) in [5.41, 5.74) is 3.63. The number of Topliss-reactive ketones (excluding diaryl/α,β-unsaturated/α-hetero) is 1. The summed E-state index contributed by atoms with van der Waals surface area (Å²) in [5, 5.41) is 3.01. The van der Waals surface area contributed by atoms with Crippen LogP contribution in [0.25, 0.3) is 0 Å². The van der Waals surface area contributed by atoms with Crippen molar-refractivity contribution in [3.63, 3.8) is 0 Å². The predicted octanol–water partition coefficient (Wildman–Crippen LogP) is 5.90. The summed E-state index contributed by atoms with van der Waals surface area (Å²) in [4.78, 5) is 25.9. The standard InChI is InChI=1S/C29H35NO4/c1-5-19(4)34-24-12-8-21(9-13-24)25-16-28(32)30-26-14-22(15-27(31)29(25)26)20-6-10-23(11-7-20)33-17-18(2)3/h6-13,18-19,22,25H,5,14-17H2,1-4H3,(H,30,32). The van der Waals surface area contributed by atoms with Crippen LogP contribution in [0.4, 0.5) is 0 Å². The number of benzene rings is 2. The molecule has 34 heavy (non-hydrogen) atoms.